The Morgan fingerprint density at radius 1 is 1.00 bits per heavy atom. The number of rotatable bonds is 4. The van der Waals surface area contributed by atoms with Gasteiger partial charge in [-0.25, -0.2) is 0 Å². The number of fused-ring (bicyclic) bond motifs is 1. The van der Waals surface area contributed by atoms with Gasteiger partial charge in [-0.2, -0.15) is 0 Å². The molecular formula is C27H31NO3. The third-order valence-electron chi connectivity index (χ3n) is 8.26. The average Bonchev–Trinajstić information content (AvgIpc) is 2.77. The molecule has 4 bridgehead atoms. The summed E-state index contributed by atoms with van der Waals surface area (Å²) < 4.78 is 11.9. The van der Waals surface area contributed by atoms with E-state index in [1.54, 1.807) is 0 Å². The number of carbonyl (C=O) groups excluding carboxylic acids is 1. The molecule has 162 valence electrons. The Labute approximate surface area is 184 Å². The van der Waals surface area contributed by atoms with Gasteiger partial charge in [0.2, 0.25) is 5.91 Å². The fourth-order valence-electron chi connectivity index (χ4n) is 7.33. The molecule has 1 N–H and O–H groups in total. The molecule has 4 fully saturated rings. The fourth-order valence-corrected chi connectivity index (χ4v) is 7.33. The lowest BCUT2D eigenvalue weighted by Crippen LogP contribution is -2.59. The van der Waals surface area contributed by atoms with Crippen LogP contribution in [0.2, 0.25) is 0 Å². The summed E-state index contributed by atoms with van der Waals surface area (Å²) in [4.78, 5) is 13.6. The Morgan fingerprint density at radius 2 is 1.71 bits per heavy atom. The summed E-state index contributed by atoms with van der Waals surface area (Å²) in [6.45, 7) is 3.12. The van der Waals surface area contributed by atoms with Crippen molar-refractivity contribution in [2.45, 2.75) is 57.0 Å². The van der Waals surface area contributed by atoms with Crippen LogP contribution >= 0.6 is 0 Å². The quantitative estimate of drug-likeness (QED) is 0.778. The molecular weight excluding hydrogens is 386 g/mol. The minimum atomic E-state index is -0.220. The molecule has 0 radical (unpaired) electrons. The van der Waals surface area contributed by atoms with E-state index in [4.69, 9.17) is 9.47 Å². The average molecular weight is 418 g/mol. The maximum absolute atomic E-state index is 13.6. The fraction of sp³-hybridized carbons (Fsp3) is 0.519. The van der Waals surface area contributed by atoms with E-state index in [2.05, 4.69) is 36.5 Å². The highest BCUT2D eigenvalue weighted by Crippen LogP contribution is 2.65. The maximum Gasteiger partial charge on any atom is 0.226 e. The lowest BCUT2D eigenvalue weighted by molar-refractivity contribution is -0.149. The predicted molar refractivity (Wildman–Crippen MR) is 119 cm³/mol. The summed E-state index contributed by atoms with van der Waals surface area (Å²) in [5, 5.41) is 3.27. The van der Waals surface area contributed by atoms with Crippen LogP contribution < -0.4 is 14.8 Å². The zero-order valence-electron chi connectivity index (χ0n) is 18.2. The van der Waals surface area contributed by atoms with Crippen molar-refractivity contribution in [2.24, 2.45) is 17.3 Å². The molecule has 4 aliphatic carbocycles. The number of hydrogen-bond donors (Lipinski definition) is 1. The summed E-state index contributed by atoms with van der Waals surface area (Å²) in [6, 6.07) is 16.8. The van der Waals surface area contributed by atoms with Gasteiger partial charge in [0.15, 0.2) is 11.5 Å². The summed E-state index contributed by atoms with van der Waals surface area (Å²) in [7, 11) is 0. The number of para-hydroxylation sites is 2. The first kappa shape index (κ1) is 19.2. The van der Waals surface area contributed by atoms with Crippen LogP contribution in [-0.4, -0.2) is 25.2 Å². The molecule has 1 amide bonds. The smallest absolute Gasteiger partial charge is 0.226 e. The number of benzene rings is 2. The molecule has 1 aliphatic heterocycles. The van der Waals surface area contributed by atoms with E-state index in [-0.39, 0.29) is 22.8 Å². The number of ether oxygens (including phenoxy) is 2. The number of hydrogen-bond acceptors (Lipinski definition) is 3. The minimum Gasteiger partial charge on any atom is -0.486 e. The van der Waals surface area contributed by atoms with Crippen molar-refractivity contribution in [3.05, 3.63) is 59.7 Å². The van der Waals surface area contributed by atoms with Gasteiger partial charge in [-0.15, -0.1) is 0 Å². The highest BCUT2D eigenvalue weighted by Gasteiger charge is 2.60. The third kappa shape index (κ3) is 3.22. The first-order valence-electron chi connectivity index (χ1n) is 11.8. The van der Waals surface area contributed by atoms with Crippen LogP contribution in [0.3, 0.4) is 0 Å². The molecule has 2 unspecified atom stereocenters. The Kier molecular flexibility index (Phi) is 4.35. The van der Waals surface area contributed by atoms with Crippen molar-refractivity contribution in [3.63, 3.8) is 0 Å². The Balaban J connectivity index is 1.19. The number of carbonyl (C=O) groups is 1. The number of nitrogens with one attached hydrogen (secondary N) is 1. The van der Waals surface area contributed by atoms with Crippen LogP contribution in [0.15, 0.2) is 48.5 Å². The Bertz CT molecular complexity index is 984. The number of amides is 1. The van der Waals surface area contributed by atoms with Crippen LogP contribution in [0, 0.1) is 24.2 Å². The van der Waals surface area contributed by atoms with Gasteiger partial charge in [0.1, 0.15) is 12.7 Å². The first-order valence-corrected chi connectivity index (χ1v) is 11.8. The normalized spacial score (nSPS) is 35.1. The van der Waals surface area contributed by atoms with Crippen molar-refractivity contribution in [1.29, 1.82) is 0 Å². The molecule has 0 saturated heterocycles. The molecule has 0 spiro atoms. The van der Waals surface area contributed by atoms with E-state index in [0.717, 1.165) is 30.8 Å². The van der Waals surface area contributed by atoms with Gasteiger partial charge in [0.05, 0.1) is 12.0 Å². The van der Waals surface area contributed by atoms with E-state index in [1.165, 1.54) is 30.4 Å². The molecule has 7 rings (SSSR count). The lowest BCUT2D eigenvalue weighted by Gasteiger charge is -2.61. The van der Waals surface area contributed by atoms with E-state index in [9.17, 15) is 4.79 Å². The summed E-state index contributed by atoms with van der Waals surface area (Å²) in [5.41, 5.74) is 2.71. The van der Waals surface area contributed by atoms with Gasteiger partial charge in [0.25, 0.3) is 0 Å². The van der Waals surface area contributed by atoms with Crippen molar-refractivity contribution < 1.29 is 14.3 Å². The first-order chi connectivity index (χ1) is 15.0. The molecule has 4 nitrogen and oxygen atoms in total. The second kappa shape index (κ2) is 7.01. The Hall–Kier alpha value is -2.49. The highest BCUT2D eigenvalue weighted by atomic mass is 16.6. The van der Waals surface area contributed by atoms with Crippen LogP contribution in [-0.2, 0) is 10.2 Å². The molecule has 1 heterocycles. The van der Waals surface area contributed by atoms with Gasteiger partial charge in [0, 0.05) is 0 Å². The summed E-state index contributed by atoms with van der Waals surface area (Å²) >= 11 is 0. The van der Waals surface area contributed by atoms with E-state index < -0.39 is 0 Å². The second-order valence-corrected chi connectivity index (χ2v) is 10.6. The van der Waals surface area contributed by atoms with E-state index in [1.807, 2.05) is 24.3 Å². The molecule has 4 heteroatoms. The van der Waals surface area contributed by atoms with E-state index >= 15 is 0 Å². The van der Waals surface area contributed by atoms with Crippen molar-refractivity contribution in [2.75, 3.05) is 13.2 Å². The highest BCUT2D eigenvalue weighted by molar-refractivity contribution is 5.83. The van der Waals surface area contributed by atoms with Crippen molar-refractivity contribution in [1.82, 2.24) is 5.32 Å². The lowest BCUT2D eigenvalue weighted by atomic mass is 9.42. The number of aryl methyl sites for hydroxylation is 1. The van der Waals surface area contributed by atoms with Gasteiger partial charge in [-0.1, -0.05) is 42.0 Å². The zero-order valence-corrected chi connectivity index (χ0v) is 18.2. The van der Waals surface area contributed by atoms with Gasteiger partial charge >= 0.3 is 0 Å². The predicted octanol–water partition coefficient (Wildman–Crippen LogP) is 4.79. The molecule has 2 aromatic rings. The largest absolute Gasteiger partial charge is 0.486 e. The molecule has 2 aromatic carbocycles. The standard InChI is InChI=1S/C27H31NO3/c1-18-6-8-21(9-7-18)26-11-19-10-20(12-26)14-27(13-19,17-26)25(29)28-15-22-16-30-23-4-2-3-5-24(23)31-22/h2-9,19-20,22H,10-17H2,1H3,(H,28,29)/t19-,20+,22-,26?,27?/m1/s1. The molecule has 5 atom stereocenters. The van der Waals surface area contributed by atoms with Crippen LogP contribution in [0.25, 0.3) is 0 Å². The minimum absolute atomic E-state index is 0.140. The second-order valence-electron chi connectivity index (χ2n) is 10.6. The SMILES string of the molecule is Cc1ccc(C23C[C@@H]4C[C@@H](CC(C(=O)NC[C@@H]5COc6ccccc6O5)(C4)C2)C3)cc1. The Morgan fingerprint density at radius 3 is 2.45 bits per heavy atom. The van der Waals surface area contributed by atoms with Gasteiger partial charge < -0.3 is 14.8 Å². The van der Waals surface area contributed by atoms with Crippen LogP contribution in [0.4, 0.5) is 0 Å². The van der Waals surface area contributed by atoms with E-state index in [0.29, 0.717) is 25.0 Å². The van der Waals surface area contributed by atoms with Crippen molar-refractivity contribution in [3.8, 4) is 11.5 Å². The van der Waals surface area contributed by atoms with Gasteiger partial charge in [-0.05, 0) is 80.4 Å². The molecule has 0 aromatic heterocycles. The molecule has 31 heavy (non-hydrogen) atoms. The third-order valence-corrected chi connectivity index (χ3v) is 8.26. The molecule has 4 saturated carbocycles. The summed E-state index contributed by atoms with van der Waals surface area (Å²) in [5.74, 6) is 3.14. The molecule has 5 aliphatic rings. The van der Waals surface area contributed by atoms with Crippen LogP contribution in [0.1, 0.15) is 49.7 Å². The van der Waals surface area contributed by atoms with Crippen LogP contribution in [0.5, 0.6) is 11.5 Å². The topological polar surface area (TPSA) is 47.6 Å². The van der Waals surface area contributed by atoms with Gasteiger partial charge in [-0.3, -0.25) is 4.79 Å². The summed E-state index contributed by atoms with van der Waals surface area (Å²) in [6.07, 6.45) is 6.75. The maximum atomic E-state index is 13.6. The van der Waals surface area contributed by atoms with Crippen molar-refractivity contribution >= 4 is 5.91 Å². The monoisotopic (exact) mass is 417 g/mol. The zero-order chi connectivity index (χ0) is 21.1.